The third-order valence-corrected chi connectivity index (χ3v) is 6.34. The highest BCUT2D eigenvalue weighted by Gasteiger charge is 2.37. The molecule has 2 aromatic rings. The molecule has 0 saturated carbocycles. The van der Waals surface area contributed by atoms with Gasteiger partial charge in [-0.25, -0.2) is 0 Å². The van der Waals surface area contributed by atoms with Crippen LogP contribution in [-0.2, 0) is 13.6 Å². The molecule has 0 aliphatic rings. The molecule has 0 bridgehead atoms. The molecule has 1 unspecified atom stereocenters. The minimum absolute atomic E-state index is 0.295. The molecule has 0 spiro atoms. The van der Waals surface area contributed by atoms with Gasteiger partial charge in [0.05, 0.1) is 13.2 Å². The zero-order valence-corrected chi connectivity index (χ0v) is 16.8. The maximum atomic E-state index is 13.3. The van der Waals surface area contributed by atoms with E-state index in [1.165, 1.54) is 0 Å². The van der Waals surface area contributed by atoms with Crippen LogP contribution in [0.25, 0.3) is 0 Å². The molecule has 0 fully saturated rings. The average molecular weight is 433 g/mol. The van der Waals surface area contributed by atoms with Crippen molar-refractivity contribution in [2.75, 3.05) is 18.5 Å². The second-order valence-electron chi connectivity index (χ2n) is 4.98. The Morgan fingerprint density at radius 1 is 1.04 bits per heavy atom. The van der Waals surface area contributed by atoms with Crippen LogP contribution in [0.3, 0.4) is 0 Å². The van der Waals surface area contributed by atoms with Crippen molar-refractivity contribution in [2.24, 2.45) is 0 Å². The second kappa shape index (κ2) is 9.02. The summed E-state index contributed by atoms with van der Waals surface area (Å²) in [6.07, 6.45) is 0. The molecule has 0 saturated heterocycles. The lowest BCUT2D eigenvalue weighted by molar-refractivity contribution is 0.214. The van der Waals surface area contributed by atoms with Crippen LogP contribution in [0.2, 0.25) is 5.02 Å². The molecule has 4 nitrogen and oxygen atoms in total. The third-order valence-electron chi connectivity index (χ3n) is 3.27. The van der Waals surface area contributed by atoms with Crippen molar-refractivity contribution in [3.63, 3.8) is 0 Å². The van der Waals surface area contributed by atoms with E-state index in [1.807, 2.05) is 36.4 Å². The zero-order chi connectivity index (χ0) is 17.6. The fourth-order valence-corrected chi connectivity index (χ4v) is 4.57. The predicted molar refractivity (Wildman–Crippen MR) is 103 cm³/mol. The van der Waals surface area contributed by atoms with Crippen molar-refractivity contribution >= 4 is 40.8 Å². The van der Waals surface area contributed by atoms with Gasteiger partial charge in [0.2, 0.25) is 0 Å². The van der Waals surface area contributed by atoms with Crippen LogP contribution >= 0.6 is 35.1 Å². The molecule has 1 atom stereocenters. The number of halogens is 2. The molecule has 0 radical (unpaired) electrons. The van der Waals surface area contributed by atoms with E-state index in [4.69, 9.17) is 20.6 Å². The summed E-state index contributed by atoms with van der Waals surface area (Å²) in [4.78, 5) is 0. The molecule has 0 amide bonds. The van der Waals surface area contributed by atoms with Crippen molar-refractivity contribution in [3.8, 4) is 0 Å². The highest BCUT2D eigenvalue weighted by atomic mass is 79.9. The second-order valence-corrected chi connectivity index (χ2v) is 8.45. The highest BCUT2D eigenvalue weighted by molar-refractivity contribution is 9.10. The Kier molecular flexibility index (Phi) is 7.33. The number of rotatable bonds is 8. The Labute approximate surface area is 156 Å². The van der Waals surface area contributed by atoms with E-state index in [2.05, 4.69) is 21.2 Å². The molecular weight excluding hydrogens is 413 g/mol. The van der Waals surface area contributed by atoms with Gasteiger partial charge in [0, 0.05) is 15.2 Å². The first-order valence-corrected chi connectivity index (χ1v) is 10.4. The minimum Gasteiger partial charge on any atom is -0.368 e. The van der Waals surface area contributed by atoms with Crippen molar-refractivity contribution in [1.29, 1.82) is 0 Å². The maximum Gasteiger partial charge on any atom is 0.357 e. The molecule has 0 aliphatic carbocycles. The Bertz CT molecular complexity index is 684. The molecule has 24 heavy (non-hydrogen) atoms. The van der Waals surface area contributed by atoms with Crippen LogP contribution in [0.15, 0.2) is 53.0 Å². The minimum atomic E-state index is -3.41. The highest BCUT2D eigenvalue weighted by Crippen LogP contribution is 2.60. The lowest BCUT2D eigenvalue weighted by atomic mass is 10.2. The maximum absolute atomic E-state index is 13.3. The van der Waals surface area contributed by atoms with E-state index in [0.717, 1.165) is 15.7 Å². The van der Waals surface area contributed by atoms with Gasteiger partial charge in [0.25, 0.3) is 0 Å². The van der Waals surface area contributed by atoms with E-state index in [-0.39, 0.29) is 0 Å². The van der Waals surface area contributed by atoms with Crippen molar-refractivity contribution < 1.29 is 13.6 Å². The first kappa shape index (κ1) is 19.5. The summed E-state index contributed by atoms with van der Waals surface area (Å²) < 4.78 is 25.4. The molecule has 0 aliphatic heterocycles. The van der Waals surface area contributed by atoms with Gasteiger partial charge in [-0.3, -0.25) is 4.57 Å². The number of anilines is 1. The predicted octanol–water partition coefficient (Wildman–Crippen LogP) is 6.48. The molecular formula is C17H20BrClNO3P. The molecule has 1 N–H and O–H groups in total. The summed E-state index contributed by atoms with van der Waals surface area (Å²) in [5.41, 5.74) is 1.60. The third kappa shape index (κ3) is 5.08. The molecule has 0 aromatic heterocycles. The van der Waals surface area contributed by atoms with Crippen molar-refractivity contribution in [1.82, 2.24) is 0 Å². The van der Waals surface area contributed by atoms with E-state index < -0.39 is 13.4 Å². The molecule has 0 heterocycles. The van der Waals surface area contributed by atoms with Crippen molar-refractivity contribution in [3.05, 3.63) is 63.6 Å². The number of benzene rings is 2. The lowest BCUT2D eigenvalue weighted by Crippen LogP contribution is -2.15. The molecule has 2 rings (SSSR count). The summed E-state index contributed by atoms with van der Waals surface area (Å²) in [5.74, 6) is -0.629. The van der Waals surface area contributed by atoms with Gasteiger partial charge in [0.15, 0.2) is 5.78 Å². The summed E-state index contributed by atoms with van der Waals surface area (Å²) in [7, 11) is -3.41. The quantitative estimate of drug-likeness (QED) is 0.485. The summed E-state index contributed by atoms with van der Waals surface area (Å²) in [6, 6.07) is 14.8. The Morgan fingerprint density at radius 3 is 2.08 bits per heavy atom. The van der Waals surface area contributed by atoms with Gasteiger partial charge >= 0.3 is 7.60 Å². The fourth-order valence-electron chi connectivity index (χ4n) is 2.24. The Hall–Kier alpha value is -0.840. The molecule has 130 valence electrons. The Morgan fingerprint density at radius 2 is 1.58 bits per heavy atom. The van der Waals surface area contributed by atoms with E-state index in [0.29, 0.717) is 18.2 Å². The Balaban J connectivity index is 2.41. The monoisotopic (exact) mass is 431 g/mol. The van der Waals surface area contributed by atoms with Gasteiger partial charge in [-0.1, -0.05) is 39.7 Å². The number of hydrogen-bond donors (Lipinski definition) is 1. The SMILES string of the molecule is CCOP(=O)(OCC)C(Nc1ccc(Br)cc1)c1ccc(Cl)cc1. The number of nitrogens with one attached hydrogen (secondary N) is 1. The van der Waals surface area contributed by atoms with Gasteiger partial charge < -0.3 is 14.4 Å². The normalized spacial score (nSPS) is 12.8. The van der Waals surface area contributed by atoms with E-state index in [1.54, 1.807) is 26.0 Å². The smallest absolute Gasteiger partial charge is 0.357 e. The van der Waals surface area contributed by atoms with Crippen LogP contribution in [0.5, 0.6) is 0 Å². The summed E-state index contributed by atoms with van der Waals surface area (Å²) in [5, 5.41) is 3.89. The standard InChI is InChI=1S/C17H20BrClNO3P/c1-3-22-24(21,23-4-2)17(13-5-9-15(19)10-6-13)20-16-11-7-14(18)8-12-16/h5-12,17,20H,3-4H2,1-2H3. The first-order chi connectivity index (χ1) is 11.5. The lowest BCUT2D eigenvalue weighted by Gasteiger charge is -2.28. The topological polar surface area (TPSA) is 47.6 Å². The van der Waals surface area contributed by atoms with Gasteiger partial charge in [-0.05, 0) is 55.8 Å². The van der Waals surface area contributed by atoms with Crippen LogP contribution in [-0.4, -0.2) is 13.2 Å². The van der Waals surface area contributed by atoms with Crippen LogP contribution < -0.4 is 5.32 Å². The number of hydrogen-bond acceptors (Lipinski definition) is 4. The summed E-state index contributed by atoms with van der Waals surface area (Å²) >= 11 is 9.38. The molecule has 7 heteroatoms. The van der Waals surface area contributed by atoms with E-state index >= 15 is 0 Å². The first-order valence-electron chi connectivity index (χ1n) is 7.65. The van der Waals surface area contributed by atoms with E-state index in [9.17, 15) is 4.57 Å². The van der Waals surface area contributed by atoms with Crippen LogP contribution in [0.4, 0.5) is 5.69 Å². The zero-order valence-electron chi connectivity index (χ0n) is 13.5. The van der Waals surface area contributed by atoms with Crippen LogP contribution in [0, 0.1) is 0 Å². The van der Waals surface area contributed by atoms with Gasteiger partial charge in [0.1, 0.15) is 0 Å². The summed E-state index contributed by atoms with van der Waals surface area (Å²) in [6.45, 7) is 4.18. The largest absolute Gasteiger partial charge is 0.368 e. The average Bonchev–Trinajstić information content (AvgIpc) is 2.56. The van der Waals surface area contributed by atoms with Gasteiger partial charge in [-0.2, -0.15) is 0 Å². The molecule has 2 aromatic carbocycles. The van der Waals surface area contributed by atoms with Gasteiger partial charge in [-0.15, -0.1) is 0 Å². The fraction of sp³-hybridized carbons (Fsp3) is 0.294. The van der Waals surface area contributed by atoms with Crippen LogP contribution in [0.1, 0.15) is 25.2 Å². The van der Waals surface area contributed by atoms with Crippen molar-refractivity contribution in [2.45, 2.75) is 19.6 Å².